The lowest BCUT2D eigenvalue weighted by atomic mass is 10.3. The van der Waals surface area contributed by atoms with Gasteiger partial charge in [-0.3, -0.25) is 10.1 Å². The van der Waals surface area contributed by atoms with Crippen LogP contribution in [-0.4, -0.2) is 25.2 Å². The van der Waals surface area contributed by atoms with E-state index in [4.69, 9.17) is 0 Å². The fourth-order valence-electron chi connectivity index (χ4n) is 1.63. The molecule has 0 atom stereocenters. The quantitative estimate of drug-likeness (QED) is 0.945. The molecule has 18 heavy (non-hydrogen) atoms. The van der Waals surface area contributed by atoms with Gasteiger partial charge in [0.1, 0.15) is 12.0 Å². The topological polar surface area (TPSA) is 64.7 Å². The second-order valence-electron chi connectivity index (χ2n) is 4.21. The first kappa shape index (κ1) is 12.8. The number of nitrogens with one attached hydrogen (secondary N) is 1. The zero-order chi connectivity index (χ0) is 13.3. The van der Waals surface area contributed by atoms with Gasteiger partial charge in [-0.2, -0.15) is 10.1 Å². The molecule has 2 aromatic heterocycles. The number of anilines is 1. The number of nitrogens with zero attached hydrogens (tertiary/aromatic N) is 4. The molecule has 0 fully saturated rings. The summed E-state index contributed by atoms with van der Waals surface area (Å²) in [6.45, 7) is 4.04. The minimum Gasteiger partial charge on any atom is -0.340 e. The van der Waals surface area contributed by atoms with Gasteiger partial charge >= 0.3 is 0 Å². The maximum absolute atomic E-state index is 12.2. The molecule has 0 saturated carbocycles. The third-order valence-corrected chi connectivity index (χ3v) is 2.97. The van der Waals surface area contributed by atoms with Crippen molar-refractivity contribution in [3.63, 3.8) is 0 Å². The Morgan fingerprint density at radius 1 is 1.50 bits per heavy atom. The normalized spacial score (nSPS) is 10.9. The molecule has 0 aliphatic rings. The number of halogens is 1. The van der Waals surface area contributed by atoms with E-state index in [2.05, 4.69) is 31.3 Å². The van der Waals surface area contributed by atoms with Crippen LogP contribution < -0.4 is 5.32 Å². The zero-order valence-corrected chi connectivity index (χ0v) is 12.0. The van der Waals surface area contributed by atoms with E-state index >= 15 is 0 Å². The number of aryl methyl sites for hydroxylation is 1. The summed E-state index contributed by atoms with van der Waals surface area (Å²) in [5, 5.41) is 6.62. The third-order valence-electron chi connectivity index (χ3n) is 2.54. The molecule has 0 saturated heterocycles. The maximum Gasteiger partial charge on any atom is 0.274 e. The minimum absolute atomic E-state index is 0.203. The first-order valence-corrected chi connectivity index (χ1v) is 6.31. The average Bonchev–Trinajstić information content (AvgIpc) is 2.86. The van der Waals surface area contributed by atoms with E-state index in [9.17, 15) is 4.79 Å². The number of carbonyl (C=O) groups excluding carboxylic acids is 1. The number of hydrogen-bond donors (Lipinski definition) is 1. The molecule has 0 radical (unpaired) electrons. The lowest BCUT2D eigenvalue weighted by Gasteiger charge is -2.12. The smallest absolute Gasteiger partial charge is 0.274 e. The van der Waals surface area contributed by atoms with Crippen LogP contribution in [0.4, 0.5) is 5.95 Å². The van der Waals surface area contributed by atoms with Crippen LogP contribution in [0, 0.1) is 0 Å². The summed E-state index contributed by atoms with van der Waals surface area (Å²) < 4.78 is 4.28. The highest BCUT2D eigenvalue weighted by atomic mass is 79.9. The van der Waals surface area contributed by atoms with Crippen molar-refractivity contribution in [2.45, 2.75) is 19.9 Å². The van der Waals surface area contributed by atoms with E-state index in [1.807, 2.05) is 24.6 Å². The molecule has 2 aromatic rings. The Balaban J connectivity index is 2.26. The molecular weight excluding hydrogens is 298 g/mol. The van der Waals surface area contributed by atoms with Crippen LogP contribution in [-0.2, 0) is 7.05 Å². The lowest BCUT2D eigenvalue weighted by molar-refractivity contribution is 0.101. The Morgan fingerprint density at radius 2 is 2.22 bits per heavy atom. The predicted molar refractivity (Wildman–Crippen MR) is 71.5 cm³/mol. The Morgan fingerprint density at radius 3 is 2.78 bits per heavy atom. The largest absolute Gasteiger partial charge is 0.340 e. The lowest BCUT2D eigenvalue weighted by Crippen LogP contribution is -2.19. The van der Waals surface area contributed by atoms with Gasteiger partial charge in [0.05, 0.1) is 0 Å². The second kappa shape index (κ2) is 4.93. The van der Waals surface area contributed by atoms with Crippen molar-refractivity contribution < 1.29 is 4.79 Å². The van der Waals surface area contributed by atoms with E-state index < -0.39 is 0 Å². The zero-order valence-electron chi connectivity index (χ0n) is 10.4. The summed E-state index contributed by atoms with van der Waals surface area (Å²) in [4.78, 5) is 16.1. The molecule has 2 rings (SSSR count). The Hall–Kier alpha value is -1.63. The Bertz CT molecular complexity index is 572. The summed E-state index contributed by atoms with van der Waals surface area (Å²) in [6.07, 6.45) is 3.28. The molecule has 96 valence electrons. The molecule has 1 amide bonds. The summed E-state index contributed by atoms with van der Waals surface area (Å²) in [5.41, 5.74) is 0.583. The molecule has 0 aliphatic carbocycles. The highest BCUT2D eigenvalue weighted by molar-refractivity contribution is 9.10. The molecule has 0 unspecified atom stereocenters. The van der Waals surface area contributed by atoms with Gasteiger partial charge in [-0.15, -0.1) is 0 Å². The minimum atomic E-state index is -0.203. The number of amides is 1. The van der Waals surface area contributed by atoms with Gasteiger partial charge in [0.25, 0.3) is 5.91 Å². The van der Waals surface area contributed by atoms with E-state index in [0.717, 1.165) is 4.47 Å². The molecule has 7 heteroatoms. The Labute approximate surface area is 113 Å². The highest BCUT2D eigenvalue weighted by Crippen LogP contribution is 2.20. The van der Waals surface area contributed by atoms with Crippen LogP contribution in [0.5, 0.6) is 0 Å². The first-order chi connectivity index (χ1) is 8.49. The SMILES string of the molecule is CC(C)n1cc(Br)cc1C(=O)Nc1ncnn1C. The number of hydrogen-bond acceptors (Lipinski definition) is 3. The Kier molecular flexibility index (Phi) is 3.51. The molecule has 1 N–H and O–H groups in total. The fraction of sp³-hybridized carbons (Fsp3) is 0.364. The third kappa shape index (κ3) is 2.45. The van der Waals surface area contributed by atoms with Crippen molar-refractivity contribution >= 4 is 27.8 Å². The molecule has 2 heterocycles. The summed E-state index contributed by atoms with van der Waals surface area (Å²) in [7, 11) is 1.72. The van der Waals surface area contributed by atoms with Crippen LogP contribution >= 0.6 is 15.9 Å². The van der Waals surface area contributed by atoms with E-state index in [1.54, 1.807) is 13.1 Å². The van der Waals surface area contributed by atoms with Crippen molar-refractivity contribution in [2.75, 3.05) is 5.32 Å². The van der Waals surface area contributed by atoms with Crippen LogP contribution in [0.1, 0.15) is 30.4 Å². The van der Waals surface area contributed by atoms with Crippen LogP contribution in [0.3, 0.4) is 0 Å². The number of rotatable bonds is 3. The highest BCUT2D eigenvalue weighted by Gasteiger charge is 2.16. The molecule has 6 nitrogen and oxygen atoms in total. The molecule has 0 bridgehead atoms. The van der Waals surface area contributed by atoms with Crippen molar-refractivity contribution in [3.05, 3.63) is 28.8 Å². The van der Waals surface area contributed by atoms with Crippen molar-refractivity contribution in [1.82, 2.24) is 19.3 Å². The summed E-state index contributed by atoms with van der Waals surface area (Å²) >= 11 is 3.38. The molecule has 0 spiro atoms. The van der Waals surface area contributed by atoms with Crippen molar-refractivity contribution in [2.24, 2.45) is 7.05 Å². The predicted octanol–water partition coefficient (Wildman–Crippen LogP) is 2.21. The van der Waals surface area contributed by atoms with E-state index in [0.29, 0.717) is 11.6 Å². The van der Waals surface area contributed by atoms with Crippen LogP contribution in [0.15, 0.2) is 23.1 Å². The summed E-state index contributed by atoms with van der Waals surface area (Å²) in [5.74, 6) is 0.220. The van der Waals surface area contributed by atoms with Crippen molar-refractivity contribution in [1.29, 1.82) is 0 Å². The monoisotopic (exact) mass is 311 g/mol. The van der Waals surface area contributed by atoms with Gasteiger partial charge in [-0.05, 0) is 35.8 Å². The van der Waals surface area contributed by atoms with Crippen LogP contribution in [0.25, 0.3) is 0 Å². The average molecular weight is 312 g/mol. The van der Waals surface area contributed by atoms with Crippen LogP contribution in [0.2, 0.25) is 0 Å². The number of carbonyl (C=O) groups is 1. The van der Waals surface area contributed by atoms with Gasteiger partial charge in [-0.1, -0.05) is 0 Å². The standard InChI is InChI=1S/C11H14BrN5O/c1-7(2)17-5-8(12)4-9(17)10(18)15-11-13-6-14-16(11)3/h4-7H,1-3H3,(H,13,14,15,18). The molecule has 0 aliphatic heterocycles. The second-order valence-corrected chi connectivity index (χ2v) is 5.12. The molecular formula is C11H14BrN5O. The van der Waals surface area contributed by atoms with Gasteiger partial charge in [0.2, 0.25) is 5.95 Å². The molecule has 0 aromatic carbocycles. The first-order valence-electron chi connectivity index (χ1n) is 5.51. The van der Waals surface area contributed by atoms with Gasteiger partial charge in [0, 0.05) is 23.8 Å². The van der Waals surface area contributed by atoms with Gasteiger partial charge < -0.3 is 4.57 Å². The summed E-state index contributed by atoms with van der Waals surface area (Å²) in [6, 6.07) is 1.99. The maximum atomic E-state index is 12.2. The fourth-order valence-corrected chi connectivity index (χ4v) is 2.07. The number of aromatic nitrogens is 4. The van der Waals surface area contributed by atoms with Gasteiger partial charge in [0.15, 0.2) is 0 Å². The van der Waals surface area contributed by atoms with Crippen molar-refractivity contribution in [3.8, 4) is 0 Å². The van der Waals surface area contributed by atoms with E-state index in [-0.39, 0.29) is 11.9 Å². The van der Waals surface area contributed by atoms with E-state index in [1.165, 1.54) is 11.0 Å². The van der Waals surface area contributed by atoms with Gasteiger partial charge in [-0.25, -0.2) is 4.68 Å².